The monoisotopic (exact) mass is 1800 g/mol. The minimum atomic E-state index is -0.394. The van der Waals surface area contributed by atoms with Crippen molar-refractivity contribution in [1.29, 1.82) is 0 Å². The van der Waals surface area contributed by atoms with Crippen LogP contribution in [0, 0.1) is 12.7 Å². The maximum Gasteiger partial charge on any atom is 0.297 e. The molecule has 129 heavy (non-hydrogen) atoms. The third-order valence-corrected chi connectivity index (χ3v) is 24.0. The average molecular weight is 1800 g/mol. The van der Waals surface area contributed by atoms with Crippen LogP contribution in [0.1, 0.15) is 101 Å². The van der Waals surface area contributed by atoms with E-state index < -0.39 is 5.82 Å². The fourth-order valence-corrected chi connectivity index (χ4v) is 17.5. The maximum absolute atomic E-state index is 13.6. The number of benzene rings is 12. The van der Waals surface area contributed by atoms with Gasteiger partial charge in [-0.05, 0) is 235 Å². The molecule has 0 saturated carbocycles. The van der Waals surface area contributed by atoms with E-state index in [4.69, 9.17) is 37.9 Å². The maximum atomic E-state index is 13.6. The number of ether oxygens (including phenoxy) is 12. The molecule has 0 saturated heterocycles. The Morgan fingerprint density at radius 1 is 0.326 bits per heavy atom. The highest BCUT2D eigenvalue weighted by atomic mass is 32.1. The number of rotatable bonds is 33. The summed E-state index contributed by atoms with van der Waals surface area (Å²) >= 11 is 5.39. The lowest BCUT2D eigenvalue weighted by atomic mass is 10.0. The third-order valence-electron chi connectivity index (χ3n) is 19.5. The Kier molecular flexibility index (Phi) is 31.1. The fourth-order valence-electron chi connectivity index (χ4n) is 13.0. The molecular formula is C103H77FO21S4. The molecule has 16 aromatic rings. The average Bonchev–Trinajstić information content (AvgIpc) is 1.64. The van der Waals surface area contributed by atoms with Gasteiger partial charge in [-0.25, -0.2) is 4.39 Å². The van der Waals surface area contributed by atoms with Crippen LogP contribution in [0.5, 0.6) is 74.7 Å². The molecule has 0 radical (unpaired) electrons. The van der Waals surface area contributed by atoms with Crippen LogP contribution in [0.3, 0.4) is 0 Å². The van der Waals surface area contributed by atoms with Crippen LogP contribution in [0.25, 0.3) is 64.6 Å². The molecule has 0 aliphatic rings. The second-order valence-electron chi connectivity index (χ2n) is 27.5. The first-order chi connectivity index (χ1) is 62.9. The van der Waals surface area contributed by atoms with E-state index >= 15 is 0 Å². The number of aromatic hydroxyl groups is 1. The highest BCUT2D eigenvalue weighted by Crippen LogP contribution is 2.48. The number of phenolic OH excluding ortho intramolecular Hbond substituents is 1. The molecule has 12 aromatic carbocycles. The summed E-state index contributed by atoms with van der Waals surface area (Å²) in [5.41, 5.74) is 7.00. The third kappa shape index (κ3) is 22.8. The molecule has 21 nitrogen and oxygen atoms in total. The molecular weight excluding hydrogens is 1720 g/mol. The topological polar surface area (TPSA) is 268 Å². The molecule has 0 unspecified atom stereocenters. The van der Waals surface area contributed by atoms with E-state index in [0.717, 1.165) is 80.3 Å². The van der Waals surface area contributed by atoms with Gasteiger partial charge >= 0.3 is 0 Å². The summed E-state index contributed by atoms with van der Waals surface area (Å²) in [6, 6.07) is 78.2. The van der Waals surface area contributed by atoms with E-state index in [0.29, 0.717) is 136 Å². The number of hydrogen-bond acceptors (Lipinski definition) is 25. The zero-order valence-corrected chi connectivity index (χ0v) is 72.9. The number of ketones is 4. The van der Waals surface area contributed by atoms with E-state index in [1.165, 1.54) is 101 Å². The van der Waals surface area contributed by atoms with E-state index in [9.17, 15) is 47.9 Å². The molecule has 26 heteroatoms. The van der Waals surface area contributed by atoms with E-state index in [2.05, 4.69) is 18.9 Å². The zero-order valence-electron chi connectivity index (χ0n) is 69.7. The van der Waals surface area contributed by atoms with Crippen molar-refractivity contribution in [3.05, 3.63) is 373 Å². The number of methoxy groups -OCH3 is 4. The van der Waals surface area contributed by atoms with E-state index in [1.54, 1.807) is 151 Å². The largest absolute Gasteiger partial charge is 0.508 e. The first-order valence-electron chi connectivity index (χ1n) is 39.4. The van der Waals surface area contributed by atoms with Crippen molar-refractivity contribution >= 4 is 159 Å². The molecule has 16 rings (SSSR count). The summed E-state index contributed by atoms with van der Waals surface area (Å²) in [4.78, 5) is 96.5. The number of halogens is 1. The van der Waals surface area contributed by atoms with Crippen LogP contribution in [0.15, 0.2) is 292 Å². The number of thiophene rings is 4. The van der Waals surface area contributed by atoms with Crippen LogP contribution >= 0.6 is 45.3 Å². The van der Waals surface area contributed by atoms with Crippen LogP contribution in [-0.2, 0) is 44.5 Å². The highest BCUT2D eigenvalue weighted by molar-refractivity contribution is 7.22. The summed E-state index contributed by atoms with van der Waals surface area (Å²) in [5.74, 6) is 6.07. The zero-order chi connectivity index (χ0) is 90.7. The minimum Gasteiger partial charge on any atom is -0.508 e. The molecule has 0 bridgehead atoms. The summed E-state index contributed by atoms with van der Waals surface area (Å²) in [6.07, 6.45) is 12.6. The highest BCUT2D eigenvalue weighted by Gasteiger charge is 2.29. The van der Waals surface area contributed by atoms with Crippen molar-refractivity contribution in [1.82, 2.24) is 0 Å². The Labute approximate surface area is 755 Å². The first kappa shape index (κ1) is 90.8. The Hall–Kier alpha value is -15.9. The van der Waals surface area contributed by atoms with Gasteiger partial charge in [0.2, 0.25) is 23.1 Å². The Bertz CT molecular complexity index is 6850. The van der Waals surface area contributed by atoms with Gasteiger partial charge < -0.3 is 61.9 Å². The second kappa shape index (κ2) is 44.1. The predicted octanol–water partition coefficient (Wildman–Crippen LogP) is 25.0. The number of carbonyl (C=O) groups is 8. The van der Waals surface area contributed by atoms with Crippen LogP contribution in [0.2, 0.25) is 0 Å². The first-order valence-corrected chi connectivity index (χ1v) is 42.6. The summed E-state index contributed by atoms with van der Waals surface area (Å²) in [7, 11) is 6.39. The van der Waals surface area contributed by atoms with Gasteiger partial charge in [0, 0.05) is 62.6 Å². The van der Waals surface area contributed by atoms with Crippen molar-refractivity contribution in [2.45, 2.75) is 20.3 Å². The lowest BCUT2D eigenvalue weighted by Crippen LogP contribution is -2.04. The van der Waals surface area contributed by atoms with Crippen molar-refractivity contribution in [3.8, 4) is 74.7 Å². The molecule has 4 heterocycles. The SMILES string of the molecule is CCc1ccccc1C(=O)c1sc2cc(OC)ccc2c1Oc1ccc(/C=C/OC=O)cc1.COc1ccc2c(Oc3ccc(/C=C/OC=O)cc3)c(C(=O)c3ccc(F)cc3C)sc2c1.COc1ccc2c(Oc3ccc(/C=C/OC=O)cc3)c(C(=O)c3ccc(O)cc3)sc2c1.COc1ccc2c(Oc3ccc(/C=C/OC=O)cc3)c(C(=O)c3ccccc3)sc2c1. The van der Waals surface area contributed by atoms with Gasteiger partial charge in [0.15, 0.2) is 23.0 Å². The molecule has 0 fully saturated rings. The van der Waals surface area contributed by atoms with Crippen molar-refractivity contribution in [2.75, 3.05) is 28.4 Å². The van der Waals surface area contributed by atoms with Crippen LogP contribution in [0.4, 0.5) is 4.39 Å². The number of carbonyl (C=O) groups excluding carboxylic acids is 8. The van der Waals surface area contributed by atoms with Crippen molar-refractivity contribution < 1.29 is 105 Å². The normalized spacial score (nSPS) is 10.9. The number of aryl methyl sites for hydroxylation is 2. The van der Waals surface area contributed by atoms with Crippen LogP contribution < -0.4 is 37.9 Å². The summed E-state index contributed by atoms with van der Waals surface area (Å²) < 4.78 is 81.5. The fraction of sp³-hybridized carbons (Fsp3) is 0.0680. The predicted molar refractivity (Wildman–Crippen MR) is 500 cm³/mol. The quantitative estimate of drug-likeness (QED) is 0.0173. The molecule has 0 spiro atoms. The van der Waals surface area contributed by atoms with Gasteiger partial charge in [-0.3, -0.25) is 38.4 Å². The van der Waals surface area contributed by atoms with E-state index in [-0.39, 0.29) is 28.9 Å². The minimum absolute atomic E-state index is 0.0619. The van der Waals surface area contributed by atoms with Crippen molar-refractivity contribution in [2.24, 2.45) is 0 Å². The van der Waals surface area contributed by atoms with Gasteiger partial charge in [0.1, 0.15) is 77.1 Å². The molecule has 1 N–H and O–H groups in total. The standard InChI is InChI=1S/C27H22O5S.C26H19FO5S.C25H18O6S.C25H18O5S/c1-3-19-6-4-5-7-22(19)25(29)27-26(23-13-12-21(30-2)16-24(23)33-27)32-20-10-8-18(9-11-20)14-15-31-17-28;1-16-13-18(27)5-9-21(16)24(29)26-25(22-10-8-20(30-2)14-23(22)33-26)32-19-6-3-17(4-7-19)11-12-31-15-28;1-29-20-10-11-21-22(14-20)32-25(23(28)17-4-6-18(27)7-5-17)24(21)31-19-8-2-16(3-9-19)12-13-30-15-26;1-28-20-11-12-21-22(15-20)31-25(23(27)18-5-3-2-4-6-18)24(21)30-19-9-7-17(8-10-19)13-14-29-16-26/h4-17H,3H2,1-2H3;3-15H,1-2H3;2-15,27H,1H3;2-16H,1H3/b15-14+;12-11+;13-12+;14-13+. The van der Waals surface area contributed by atoms with Crippen LogP contribution in [-0.4, -0.2) is 82.6 Å². The molecule has 0 amide bonds. The van der Waals surface area contributed by atoms with Gasteiger partial charge in [-0.1, -0.05) is 110 Å². The summed E-state index contributed by atoms with van der Waals surface area (Å²) in [5, 5.41) is 12.8. The number of phenols is 1. The van der Waals surface area contributed by atoms with Gasteiger partial charge in [-0.15, -0.1) is 45.3 Å². The lowest BCUT2D eigenvalue weighted by Gasteiger charge is -2.10. The molecule has 4 aromatic heterocycles. The van der Waals surface area contributed by atoms with Gasteiger partial charge in [-0.2, -0.15) is 0 Å². The second-order valence-corrected chi connectivity index (χ2v) is 31.7. The van der Waals surface area contributed by atoms with E-state index in [1.807, 2.05) is 153 Å². The van der Waals surface area contributed by atoms with Gasteiger partial charge in [0.05, 0.1) is 53.5 Å². The lowest BCUT2D eigenvalue weighted by molar-refractivity contribution is -0.124. The molecule has 0 atom stereocenters. The smallest absolute Gasteiger partial charge is 0.297 e. The molecule has 646 valence electrons. The van der Waals surface area contributed by atoms with Gasteiger partial charge in [0.25, 0.3) is 25.9 Å². The molecule has 0 aliphatic carbocycles. The summed E-state index contributed by atoms with van der Waals surface area (Å²) in [6.45, 7) is 5.14. The Morgan fingerprint density at radius 2 is 0.620 bits per heavy atom. The Morgan fingerprint density at radius 3 is 0.930 bits per heavy atom. The number of hydrogen-bond donors (Lipinski definition) is 1. The number of fused-ring (bicyclic) bond motifs is 4. The molecule has 0 aliphatic heterocycles. The van der Waals surface area contributed by atoms with Crippen molar-refractivity contribution in [3.63, 3.8) is 0 Å². The Balaban J connectivity index is 0.000000147.